The molecule has 5 heteroatoms. The Morgan fingerprint density at radius 2 is 2.15 bits per heavy atom. The molecule has 0 spiro atoms. The molecule has 5 nitrogen and oxygen atoms in total. The van der Waals surface area contributed by atoms with Crippen molar-refractivity contribution < 1.29 is 9.53 Å². The molecule has 0 aliphatic rings. The van der Waals surface area contributed by atoms with Crippen molar-refractivity contribution in [2.45, 2.75) is 52.0 Å². The zero-order chi connectivity index (χ0) is 15.0. The van der Waals surface area contributed by atoms with Crippen LogP contribution in [0.1, 0.15) is 56.3 Å². The first-order chi connectivity index (χ1) is 9.62. The number of aromatic nitrogens is 1. The third-order valence-electron chi connectivity index (χ3n) is 3.24. The average Bonchev–Trinajstić information content (AvgIpc) is 2.46. The Labute approximate surface area is 120 Å². The molecule has 0 bridgehead atoms. The highest BCUT2D eigenvalue weighted by molar-refractivity contribution is 5.95. The van der Waals surface area contributed by atoms with Crippen LogP contribution >= 0.6 is 0 Å². The minimum Gasteiger partial charge on any atom is -0.465 e. The van der Waals surface area contributed by atoms with Crippen molar-refractivity contribution in [2.75, 3.05) is 18.2 Å². The van der Waals surface area contributed by atoms with Gasteiger partial charge >= 0.3 is 5.97 Å². The number of nitrogens with one attached hydrogen (secondary N) is 1. The van der Waals surface area contributed by atoms with E-state index in [0.29, 0.717) is 23.1 Å². The molecular formula is C15H25N3O2. The Bertz CT molecular complexity index is 435. The molecule has 0 aromatic carbocycles. The van der Waals surface area contributed by atoms with Gasteiger partial charge in [-0.15, -0.1) is 0 Å². The summed E-state index contributed by atoms with van der Waals surface area (Å²) in [7, 11) is 1.34. The summed E-state index contributed by atoms with van der Waals surface area (Å²) < 4.78 is 4.71. The Hall–Kier alpha value is -1.78. The largest absolute Gasteiger partial charge is 0.465 e. The molecule has 0 aliphatic carbocycles. The van der Waals surface area contributed by atoms with Crippen LogP contribution in [-0.2, 0) is 4.74 Å². The van der Waals surface area contributed by atoms with E-state index in [1.54, 1.807) is 6.07 Å². The molecule has 1 heterocycles. The van der Waals surface area contributed by atoms with Gasteiger partial charge < -0.3 is 15.8 Å². The first-order valence-corrected chi connectivity index (χ1v) is 7.22. The van der Waals surface area contributed by atoms with E-state index < -0.39 is 5.97 Å². The van der Waals surface area contributed by atoms with Gasteiger partial charge in [-0.1, -0.05) is 33.1 Å². The number of carbonyl (C=O) groups is 1. The minimum atomic E-state index is -0.437. The van der Waals surface area contributed by atoms with Gasteiger partial charge in [0.05, 0.1) is 24.6 Å². The lowest BCUT2D eigenvalue weighted by Crippen LogP contribution is -2.20. The molecule has 1 atom stereocenters. The predicted molar refractivity (Wildman–Crippen MR) is 81.8 cm³/mol. The second-order valence-electron chi connectivity index (χ2n) is 4.92. The maximum atomic E-state index is 11.6. The first kappa shape index (κ1) is 16.3. The van der Waals surface area contributed by atoms with Gasteiger partial charge in [0, 0.05) is 6.04 Å². The van der Waals surface area contributed by atoms with Crippen molar-refractivity contribution in [2.24, 2.45) is 0 Å². The zero-order valence-corrected chi connectivity index (χ0v) is 12.6. The molecule has 1 unspecified atom stereocenters. The van der Waals surface area contributed by atoms with Gasteiger partial charge in [-0.25, -0.2) is 9.78 Å². The summed E-state index contributed by atoms with van der Waals surface area (Å²) in [4.78, 5) is 15.9. The molecule has 20 heavy (non-hydrogen) atoms. The number of methoxy groups -OCH3 is 1. The van der Waals surface area contributed by atoms with Crippen molar-refractivity contribution in [3.63, 3.8) is 0 Å². The Morgan fingerprint density at radius 3 is 2.75 bits per heavy atom. The summed E-state index contributed by atoms with van der Waals surface area (Å²) in [5.41, 5.74) is 6.44. The van der Waals surface area contributed by atoms with Gasteiger partial charge in [-0.3, -0.25) is 0 Å². The first-order valence-electron chi connectivity index (χ1n) is 7.22. The third kappa shape index (κ3) is 4.72. The van der Waals surface area contributed by atoms with Crippen LogP contribution in [0.3, 0.4) is 0 Å². The summed E-state index contributed by atoms with van der Waals surface area (Å²) in [6, 6.07) is 2.04. The average molecular weight is 279 g/mol. The quantitative estimate of drug-likeness (QED) is 0.714. The second kappa shape index (κ2) is 8.40. The molecule has 1 aromatic heterocycles. The van der Waals surface area contributed by atoms with Crippen LogP contribution in [0.25, 0.3) is 0 Å². The molecule has 0 aliphatic heterocycles. The normalized spacial score (nSPS) is 11.9. The number of nitrogen functional groups attached to an aromatic ring is 1. The fraction of sp³-hybridized carbons (Fsp3) is 0.600. The summed E-state index contributed by atoms with van der Waals surface area (Å²) in [6.07, 6.45) is 7.14. The monoisotopic (exact) mass is 279 g/mol. The summed E-state index contributed by atoms with van der Waals surface area (Å²) >= 11 is 0. The predicted octanol–water partition coefficient (Wildman–Crippen LogP) is 3.22. The molecule has 3 N–H and O–H groups in total. The van der Waals surface area contributed by atoms with Crippen LogP contribution in [-0.4, -0.2) is 24.1 Å². The molecule has 0 amide bonds. The fourth-order valence-corrected chi connectivity index (χ4v) is 2.13. The number of anilines is 2. The van der Waals surface area contributed by atoms with Crippen LogP contribution in [0.15, 0.2) is 12.3 Å². The van der Waals surface area contributed by atoms with Gasteiger partial charge in [-0.2, -0.15) is 0 Å². The van der Waals surface area contributed by atoms with Crippen LogP contribution in [0.5, 0.6) is 0 Å². The number of hydrogen-bond donors (Lipinski definition) is 2. The smallest absolute Gasteiger partial charge is 0.340 e. The van der Waals surface area contributed by atoms with Gasteiger partial charge in [0.15, 0.2) is 0 Å². The highest BCUT2D eigenvalue weighted by Crippen LogP contribution is 2.18. The van der Waals surface area contributed by atoms with Crippen molar-refractivity contribution in [1.29, 1.82) is 0 Å². The standard InChI is InChI=1S/C15H25N3O2/c1-4-6-8-11(7-5-2)18-14-9-12(15(19)20-3)13(16)10-17-14/h9-11H,4-8,16H2,1-3H3,(H,17,18). The molecule has 0 fully saturated rings. The lowest BCUT2D eigenvalue weighted by Gasteiger charge is -2.19. The zero-order valence-electron chi connectivity index (χ0n) is 12.6. The van der Waals surface area contributed by atoms with Crippen LogP contribution < -0.4 is 11.1 Å². The number of unbranched alkanes of at least 4 members (excludes halogenated alkanes) is 1. The maximum absolute atomic E-state index is 11.6. The van der Waals surface area contributed by atoms with Crippen molar-refractivity contribution in [3.8, 4) is 0 Å². The van der Waals surface area contributed by atoms with E-state index in [2.05, 4.69) is 24.1 Å². The number of hydrogen-bond acceptors (Lipinski definition) is 5. The van der Waals surface area contributed by atoms with E-state index in [1.165, 1.54) is 26.1 Å². The third-order valence-corrected chi connectivity index (χ3v) is 3.24. The highest BCUT2D eigenvalue weighted by atomic mass is 16.5. The van der Waals surface area contributed by atoms with Gasteiger partial charge in [0.2, 0.25) is 0 Å². The van der Waals surface area contributed by atoms with E-state index in [-0.39, 0.29) is 0 Å². The highest BCUT2D eigenvalue weighted by Gasteiger charge is 2.13. The van der Waals surface area contributed by atoms with Crippen LogP contribution in [0.2, 0.25) is 0 Å². The fourth-order valence-electron chi connectivity index (χ4n) is 2.13. The van der Waals surface area contributed by atoms with E-state index in [4.69, 9.17) is 10.5 Å². The lowest BCUT2D eigenvalue weighted by atomic mass is 10.1. The Morgan fingerprint density at radius 1 is 1.40 bits per heavy atom. The molecule has 1 rings (SSSR count). The SMILES string of the molecule is CCCCC(CCC)Nc1cc(C(=O)OC)c(N)cn1. The number of carbonyl (C=O) groups excluding carboxylic acids is 1. The molecule has 0 radical (unpaired) electrons. The van der Waals surface area contributed by atoms with Crippen molar-refractivity contribution in [3.05, 3.63) is 17.8 Å². The van der Waals surface area contributed by atoms with E-state index >= 15 is 0 Å². The Balaban J connectivity index is 2.81. The summed E-state index contributed by atoms with van der Waals surface area (Å²) in [5, 5.41) is 3.39. The molecule has 0 saturated heterocycles. The topological polar surface area (TPSA) is 77.2 Å². The number of nitrogens with zero attached hydrogens (tertiary/aromatic N) is 1. The molecular weight excluding hydrogens is 254 g/mol. The molecule has 1 aromatic rings. The number of ether oxygens (including phenoxy) is 1. The Kier molecular flexibility index (Phi) is 6.84. The van der Waals surface area contributed by atoms with Gasteiger partial charge in [0.1, 0.15) is 5.82 Å². The molecule has 0 saturated carbocycles. The van der Waals surface area contributed by atoms with E-state index in [0.717, 1.165) is 19.3 Å². The van der Waals surface area contributed by atoms with Gasteiger partial charge in [-0.05, 0) is 18.9 Å². The van der Waals surface area contributed by atoms with Crippen molar-refractivity contribution in [1.82, 2.24) is 4.98 Å². The van der Waals surface area contributed by atoms with Crippen LogP contribution in [0, 0.1) is 0 Å². The number of nitrogens with two attached hydrogens (primary N) is 1. The summed E-state index contributed by atoms with van der Waals surface area (Å²) in [6.45, 7) is 4.34. The molecule has 112 valence electrons. The number of rotatable bonds is 8. The summed E-state index contributed by atoms with van der Waals surface area (Å²) in [5.74, 6) is 0.239. The van der Waals surface area contributed by atoms with Crippen LogP contribution in [0.4, 0.5) is 11.5 Å². The minimum absolute atomic E-state index is 0.336. The van der Waals surface area contributed by atoms with Crippen molar-refractivity contribution >= 4 is 17.5 Å². The number of esters is 1. The lowest BCUT2D eigenvalue weighted by molar-refractivity contribution is 0.0602. The van der Waals surface area contributed by atoms with E-state index in [1.807, 2.05) is 0 Å². The maximum Gasteiger partial charge on any atom is 0.340 e. The van der Waals surface area contributed by atoms with E-state index in [9.17, 15) is 4.79 Å². The number of pyridine rings is 1. The second-order valence-corrected chi connectivity index (χ2v) is 4.92. The van der Waals surface area contributed by atoms with Gasteiger partial charge in [0.25, 0.3) is 0 Å².